The third-order valence-corrected chi connectivity index (χ3v) is 8.27. The summed E-state index contributed by atoms with van der Waals surface area (Å²) < 4.78 is 0. The zero-order valence-electron chi connectivity index (χ0n) is 24.6. The highest BCUT2D eigenvalue weighted by Gasteiger charge is 2.35. The Hall–Kier alpha value is -1.57. The number of unbranched alkanes of at least 4 members (excludes halogenated alkanes) is 17. The molecule has 2 nitrogen and oxygen atoms in total. The molecule has 1 aromatic carbocycles. The van der Waals surface area contributed by atoms with Crippen LogP contribution in [-0.4, -0.2) is 12.4 Å². The summed E-state index contributed by atoms with van der Waals surface area (Å²) in [4.78, 5) is 9.40. The van der Waals surface area contributed by atoms with E-state index in [0.717, 1.165) is 12.6 Å². The third-order valence-electron chi connectivity index (χ3n) is 8.27. The molecular weight excluding hydrogens is 448 g/mol. The summed E-state index contributed by atoms with van der Waals surface area (Å²) in [6.07, 6.45) is 35.2. The van der Waals surface area contributed by atoms with Gasteiger partial charge in [0.05, 0.1) is 5.92 Å². The van der Waals surface area contributed by atoms with Gasteiger partial charge in [0, 0.05) is 0 Å². The van der Waals surface area contributed by atoms with Crippen LogP contribution in [-0.2, 0) is 6.42 Å². The molecule has 1 aliphatic heterocycles. The average molecular weight is 508 g/mol. The average Bonchev–Trinajstić information content (AvgIpc) is 3.46. The smallest absolute Gasteiger partial charge is 0.0965 e. The summed E-state index contributed by atoms with van der Waals surface area (Å²) in [7, 11) is 0. The van der Waals surface area contributed by atoms with Crippen LogP contribution in [0.4, 0.5) is 0 Å². The van der Waals surface area contributed by atoms with Gasteiger partial charge in [-0.25, -0.2) is 0 Å². The van der Waals surface area contributed by atoms with Crippen molar-refractivity contribution < 1.29 is 0 Å². The number of benzene rings is 1. The molecule has 2 unspecified atom stereocenters. The molecule has 0 saturated carbocycles. The van der Waals surface area contributed by atoms with E-state index in [9.17, 15) is 0 Å². The van der Waals surface area contributed by atoms with Gasteiger partial charge in [0.25, 0.3) is 0 Å². The Balaban J connectivity index is 1.70. The first-order valence-electron chi connectivity index (χ1n) is 16.3. The molecule has 1 aliphatic rings. The van der Waals surface area contributed by atoms with E-state index in [-0.39, 0.29) is 0 Å². The van der Waals surface area contributed by atoms with Crippen molar-refractivity contribution in [3.8, 4) is 0 Å². The van der Waals surface area contributed by atoms with Crippen molar-refractivity contribution in [2.24, 2.45) is 21.8 Å². The summed E-state index contributed by atoms with van der Waals surface area (Å²) in [5.74, 6) is 1.15. The molecule has 0 radical (unpaired) electrons. The molecule has 1 heterocycles. The van der Waals surface area contributed by atoms with Crippen LogP contribution < -0.4 is 0 Å². The molecule has 0 aliphatic carbocycles. The first-order chi connectivity index (χ1) is 18.3. The maximum absolute atomic E-state index is 4.70. The Morgan fingerprint density at radius 2 is 0.973 bits per heavy atom. The Kier molecular flexibility index (Phi) is 19.2. The first kappa shape index (κ1) is 31.6. The number of hydrogen-bond acceptors (Lipinski definition) is 2. The van der Waals surface area contributed by atoms with E-state index in [1.807, 2.05) is 12.4 Å². The largest absolute Gasteiger partial charge is 0.244 e. The van der Waals surface area contributed by atoms with Gasteiger partial charge in [-0.2, -0.15) is 0 Å². The number of aliphatic imine (C=N–C) groups is 2. The maximum Gasteiger partial charge on any atom is 0.244 e. The molecule has 208 valence electrons. The van der Waals surface area contributed by atoms with Crippen LogP contribution in [0.1, 0.15) is 154 Å². The fraction of sp³-hybridized carbons (Fsp3) is 0.743. The lowest BCUT2D eigenvalue weighted by Gasteiger charge is -2.26. The molecule has 0 saturated heterocycles. The van der Waals surface area contributed by atoms with Gasteiger partial charge in [-0.15, -0.1) is 0 Å². The SMILES string of the molecule is CCCCCCCCCCCCCCCCC(Cc1ccccc1)C(CCCCCCC)[C+]1N=CC=N1. The standard InChI is InChI=1S/C35H59N2/c1-3-5-7-9-10-11-12-13-14-15-16-17-19-23-27-33(31-32-25-21-20-22-26-32)34(35-36-29-30-37-35)28-24-18-8-6-4-2/h20-22,25-26,29-30,33-34H,3-19,23-24,27-28,31H2,1-2H3/q+1. The van der Waals surface area contributed by atoms with Crippen LogP contribution >= 0.6 is 0 Å². The Bertz CT molecular complexity index is 668. The Morgan fingerprint density at radius 3 is 1.46 bits per heavy atom. The normalized spacial score (nSPS) is 14.5. The van der Waals surface area contributed by atoms with E-state index >= 15 is 0 Å². The quantitative estimate of drug-likeness (QED) is 0.0928. The molecule has 0 spiro atoms. The molecule has 0 aromatic heterocycles. The second kappa shape index (κ2) is 22.4. The van der Waals surface area contributed by atoms with E-state index < -0.39 is 0 Å². The number of hydrogen-bond donors (Lipinski definition) is 0. The van der Waals surface area contributed by atoms with Gasteiger partial charge in [0.1, 0.15) is 0 Å². The van der Waals surface area contributed by atoms with Crippen LogP contribution in [0.25, 0.3) is 0 Å². The predicted molar refractivity (Wildman–Crippen MR) is 166 cm³/mol. The summed E-state index contributed by atoms with van der Waals surface area (Å²) in [5.41, 5.74) is 1.47. The minimum atomic E-state index is 0.499. The molecule has 2 heteroatoms. The number of rotatable bonds is 25. The third kappa shape index (κ3) is 15.4. The van der Waals surface area contributed by atoms with Crippen molar-refractivity contribution in [2.45, 2.75) is 155 Å². The Labute approximate surface area is 231 Å². The molecule has 2 rings (SSSR count). The molecule has 0 amide bonds. The molecule has 0 N–H and O–H groups in total. The predicted octanol–water partition coefficient (Wildman–Crippen LogP) is 11.3. The van der Waals surface area contributed by atoms with Crippen molar-refractivity contribution in [3.63, 3.8) is 0 Å². The van der Waals surface area contributed by atoms with E-state index in [4.69, 9.17) is 9.98 Å². The molecule has 1 aromatic rings. The molecule has 0 fully saturated rings. The van der Waals surface area contributed by atoms with Crippen LogP contribution in [0.2, 0.25) is 0 Å². The zero-order valence-corrected chi connectivity index (χ0v) is 24.6. The molecule has 2 atom stereocenters. The highest BCUT2D eigenvalue weighted by molar-refractivity contribution is 6.18. The van der Waals surface area contributed by atoms with Crippen molar-refractivity contribution in [3.05, 3.63) is 42.1 Å². The highest BCUT2D eigenvalue weighted by atomic mass is 15.0. The lowest BCUT2D eigenvalue weighted by atomic mass is 9.78. The van der Waals surface area contributed by atoms with Gasteiger partial charge in [0.15, 0.2) is 12.4 Å². The summed E-state index contributed by atoms with van der Waals surface area (Å²) in [6, 6.07) is 11.1. The van der Waals surface area contributed by atoms with Gasteiger partial charge in [-0.1, -0.05) is 176 Å². The molecular formula is C35H59N2+. The Morgan fingerprint density at radius 1 is 0.541 bits per heavy atom. The fourth-order valence-corrected chi connectivity index (χ4v) is 5.95. The van der Waals surface area contributed by atoms with Gasteiger partial charge in [-0.3, -0.25) is 0 Å². The fourth-order valence-electron chi connectivity index (χ4n) is 5.95. The van der Waals surface area contributed by atoms with Crippen LogP contribution in [0.5, 0.6) is 0 Å². The van der Waals surface area contributed by atoms with Crippen LogP contribution in [0.3, 0.4) is 0 Å². The van der Waals surface area contributed by atoms with E-state index in [2.05, 4.69) is 44.2 Å². The van der Waals surface area contributed by atoms with E-state index in [0.29, 0.717) is 11.8 Å². The van der Waals surface area contributed by atoms with Crippen molar-refractivity contribution in [1.82, 2.24) is 0 Å². The maximum atomic E-state index is 4.70. The zero-order chi connectivity index (χ0) is 26.2. The minimum Gasteiger partial charge on any atom is -0.0965 e. The first-order valence-corrected chi connectivity index (χ1v) is 16.3. The minimum absolute atomic E-state index is 0.499. The van der Waals surface area contributed by atoms with Crippen molar-refractivity contribution in [1.29, 1.82) is 0 Å². The van der Waals surface area contributed by atoms with Gasteiger partial charge < -0.3 is 0 Å². The second-order valence-electron chi connectivity index (χ2n) is 11.6. The van der Waals surface area contributed by atoms with Crippen LogP contribution in [0.15, 0.2) is 40.3 Å². The summed E-state index contributed by atoms with van der Waals surface area (Å²) >= 11 is 0. The molecule has 0 bridgehead atoms. The van der Waals surface area contributed by atoms with Gasteiger partial charge >= 0.3 is 0 Å². The van der Waals surface area contributed by atoms with Crippen molar-refractivity contribution >= 4 is 12.4 Å². The van der Waals surface area contributed by atoms with E-state index in [1.165, 1.54) is 140 Å². The number of nitrogens with zero attached hydrogens (tertiary/aromatic N) is 2. The summed E-state index contributed by atoms with van der Waals surface area (Å²) in [6.45, 7) is 4.60. The topological polar surface area (TPSA) is 24.7 Å². The lowest BCUT2D eigenvalue weighted by molar-refractivity contribution is 0.284. The lowest BCUT2D eigenvalue weighted by Crippen LogP contribution is -2.22. The van der Waals surface area contributed by atoms with Crippen molar-refractivity contribution in [2.75, 3.05) is 0 Å². The highest BCUT2D eigenvalue weighted by Crippen LogP contribution is 2.37. The summed E-state index contributed by atoms with van der Waals surface area (Å²) in [5, 5.41) is 0. The van der Waals surface area contributed by atoms with E-state index in [1.54, 1.807) is 0 Å². The van der Waals surface area contributed by atoms with Crippen LogP contribution in [0, 0.1) is 18.0 Å². The van der Waals surface area contributed by atoms with Gasteiger partial charge in [0.2, 0.25) is 6.17 Å². The monoisotopic (exact) mass is 507 g/mol. The second-order valence-corrected chi connectivity index (χ2v) is 11.6. The molecule has 37 heavy (non-hydrogen) atoms. The van der Waals surface area contributed by atoms with Gasteiger partial charge in [-0.05, 0) is 30.7 Å².